The number of amides is 2. The molecule has 0 aromatic heterocycles. The number of carboxylic acid groups (broad SMARTS) is 1. The maximum atomic E-state index is 11.8. The molecule has 0 spiro atoms. The van der Waals surface area contributed by atoms with Crippen LogP contribution in [0.1, 0.15) is 105 Å². The van der Waals surface area contributed by atoms with E-state index in [1.807, 2.05) is 34.6 Å². The highest BCUT2D eigenvalue weighted by Gasteiger charge is 2.18. The molecular weight excluding hydrogens is 904 g/mol. The van der Waals surface area contributed by atoms with Crippen LogP contribution in [0.5, 0.6) is 0 Å². The van der Waals surface area contributed by atoms with Crippen molar-refractivity contribution in [3.8, 4) is 0 Å². The Balaban J connectivity index is -0.000000459. The van der Waals surface area contributed by atoms with Gasteiger partial charge in [0.25, 0.3) is 0 Å². The van der Waals surface area contributed by atoms with E-state index in [4.69, 9.17) is 68.2 Å². The molecular formula is C41H81BrN2O19. The number of esters is 2. The fourth-order valence-corrected chi connectivity index (χ4v) is 4.43. The molecule has 2 amide bonds. The topological polar surface area (TPSA) is 294 Å². The number of carbonyl (C=O) groups is 5. The molecule has 0 rings (SSSR count). The van der Waals surface area contributed by atoms with E-state index < -0.39 is 36.8 Å². The van der Waals surface area contributed by atoms with Gasteiger partial charge in [0.15, 0.2) is 18.9 Å². The first-order valence-electron chi connectivity index (χ1n) is 21.5. The number of hydrogen-bond donors (Lipinski definition) is 7. The van der Waals surface area contributed by atoms with Gasteiger partial charge in [-0.3, -0.25) is 24.0 Å². The zero-order valence-corrected chi connectivity index (χ0v) is 40.4. The Hall–Kier alpha value is -2.61. The maximum absolute atomic E-state index is 11.8. The fourth-order valence-electron chi connectivity index (χ4n) is 4.23. The monoisotopic (exact) mass is 984 g/mol. The van der Waals surface area contributed by atoms with E-state index >= 15 is 0 Å². The summed E-state index contributed by atoms with van der Waals surface area (Å²) in [4.78, 5) is 56.1. The molecule has 0 aliphatic carbocycles. The van der Waals surface area contributed by atoms with Crippen molar-refractivity contribution in [2.45, 2.75) is 142 Å². The summed E-state index contributed by atoms with van der Waals surface area (Å²) in [5, 5.41) is 49.7. The molecule has 63 heavy (non-hydrogen) atoms. The van der Waals surface area contributed by atoms with Gasteiger partial charge in [0, 0.05) is 73.3 Å². The SMILES string of the molecule is CC.CCC(CO)OC(CO)OC.CCC(CO)OC(COC(=O)CCCC(=O)NCCCOCCCNC(=O)CBr)OC.CCC(CO)OC(COC(=O)CCCC(=O)O)OC. The Morgan fingerprint density at radius 2 is 0.921 bits per heavy atom. The van der Waals surface area contributed by atoms with Gasteiger partial charge in [0.1, 0.15) is 13.2 Å². The summed E-state index contributed by atoms with van der Waals surface area (Å²) in [6.45, 7) is 11.1. The van der Waals surface area contributed by atoms with Crippen molar-refractivity contribution in [3.63, 3.8) is 0 Å². The molecule has 0 radical (unpaired) electrons. The first kappa shape index (κ1) is 67.0. The second kappa shape index (κ2) is 50.4. The van der Waals surface area contributed by atoms with E-state index in [1.165, 1.54) is 21.3 Å². The molecule has 21 nitrogen and oxygen atoms in total. The molecule has 0 fully saturated rings. The first-order chi connectivity index (χ1) is 30.3. The highest BCUT2D eigenvalue weighted by atomic mass is 79.9. The van der Waals surface area contributed by atoms with Crippen molar-refractivity contribution in [2.75, 3.05) is 92.6 Å². The number of carboxylic acids is 1. The number of hydrogen-bond acceptors (Lipinski definition) is 18. The average Bonchev–Trinajstić information content (AvgIpc) is 3.30. The Kier molecular flexibility index (Phi) is 53.6. The summed E-state index contributed by atoms with van der Waals surface area (Å²) in [5.41, 5.74) is 0. The summed E-state index contributed by atoms with van der Waals surface area (Å²) in [6, 6.07) is 0. The van der Waals surface area contributed by atoms with Crippen LogP contribution < -0.4 is 10.6 Å². The van der Waals surface area contributed by atoms with Crippen LogP contribution in [0.4, 0.5) is 0 Å². The lowest BCUT2D eigenvalue weighted by molar-refractivity contribution is -0.194. The van der Waals surface area contributed by atoms with Gasteiger partial charge < -0.3 is 78.8 Å². The minimum Gasteiger partial charge on any atom is -0.481 e. The molecule has 0 aromatic carbocycles. The number of alkyl halides is 1. The molecule has 6 unspecified atom stereocenters. The molecule has 0 aliphatic heterocycles. The number of methoxy groups -OCH3 is 3. The molecule has 0 aliphatic rings. The molecule has 7 N–H and O–H groups in total. The lowest BCUT2D eigenvalue weighted by Crippen LogP contribution is -2.30. The van der Waals surface area contributed by atoms with Gasteiger partial charge in [-0.1, -0.05) is 50.5 Å². The predicted octanol–water partition coefficient (Wildman–Crippen LogP) is 2.19. The third-order valence-corrected chi connectivity index (χ3v) is 8.47. The number of aliphatic hydroxyl groups excluding tert-OH is 4. The fraction of sp³-hybridized carbons (Fsp3) is 0.878. The molecule has 0 saturated heterocycles. The first-order valence-corrected chi connectivity index (χ1v) is 22.6. The number of rotatable bonds is 37. The van der Waals surface area contributed by atoms with Crippen LogP contribution in [-0.2, 0) is 66.6 Å². The molecule has 0 saturated carbocycles. The minimum atomic E-state index is -0.945. The Labute approximate surface area is 382 Å². The summed E-state index contributed by atoms with van der Waals surface area (Å²) >= 11 is 3.07. The predicted molar refractivity (Wildman–Crippen MR) is 235 cm³/mol. The quantitative estimate of drug-likeness (QED) is 0.0203. The Morgan fingerprint density at radius 1 is 0.540 bits per heavy atom. The van der Waals surface area contributed by atoms with Crippen LogP contribution in [0.3, 0.4) is 0 Å². The van der Waals surface area contributed by atoms with Crippen LogP contribution in [-0.4, -0.2) is 185 Å². The molecule has 22 heteroatoms. The molecule has 0 bridgehead atoms. The zero-order chi connectivity index (χ0) is 48.7. The van der Waals surface area contributed by atoms with E-state index in [1.54, 1.807) is 0 Å². The van der Waals surface area contributed by atoms with E-state index in [0.717, 1.165) is 6.42 Å². The lowest BCUT2D eigenvalue weighted by Gasteiger charge is -2.21. The van der Waals surface area contributed by atoms with E-state index in [-0.39, 0.29) is 102 Å². The highest BCUT2D eigenvalue weighted by molar-refractivity contribution is 9.09. The van der Waals surface area contributed by atoms with E-state index in [2.05, 4.69) is 26.6 Å². The smallest absolute Gasteiger partial charge is 0.305 e. The van der Waals surface area contributed by atoms with Crippen LogP contribution in [0.25, 0.3) is 0 Å². The number of halogens is 1. The Bertz CT molecular complexity index is 1060. The molecule has 0 heterocycles. The third-order valence-electron chi connectivity index (χ3n) is 7.96. The van der Waals surface area contributed by atoms with Crippen LogP contribution in [0, 0.1) is 0 Å². The zero-order valence-electron chi connectivity index (χ0n) is 38.8. The summed E-state index contributed by atoms with van der Waals surface area (Å²) < 4.78 is 46.2. The maximum Gasteiger partial charge on any atom is 0.305 e. The van der Waals surface area contributed by atoms with Gasteiger partial charge in [-0.05, 0) is 44.9 Å². The number of ether oxygens (including phenoxy) is 9. The number of carbonyl (C=O) groups excluding carboxylic acids is 4. The van der Waals surface area contributed by atoms with Crippen molar-refractivity contribution < 1.29 is 92.1 Å². The highest BCUT2D eigenvalue weighted by Crippen LogP contribution is 2.07. The van der Waals surface area contributed by atoms with Gasteiger partial charge in [-0.15, -0.1) is 0 Å². The van der Waals surface area contributed by atoms with Gasteiger partial charge in [0.2, 0.25) is 11.8 Å². The van der Waals surface area contributed by atoms with Gasteiger partial charge >= 0.3 is 17.9 Å². The summed E-state index contributed by atoms with van der Waals surface area (Å²) in [5.74, 6) is -2.05. The van der Waals surface area contributed by atoms with Crippen molar-refractivity contribution >= 4 is 45.7 Å². The van der Waals surface area contributed by atoms with E-state index in [9.17, 15) is 24.0 Å². The van der Waals surface area contributed by atoms with Crippen molar-refractivity contribution in [3.05, 3.63) is 0 Å². The minimum absolute atomic E-state index is 0.0416. The second-order valence-electron chi connectivity index (χ2n) is 12.8. The average molecular weight is 986 g/mol. The third kappa shape index (κ3) is 45.7. The molecule has 376 valence electrons. The van der Waals surface area contributed by atoms with Crippen LogP contribution >= 0.6 is 15.9 Å². The lowest BCUT2D eigenvalue weighted by atomic mass is 10.2. The van der Waals surface area contributed by atoms with E-state index in [0.29, 0.717) is 63.7 Å². The van der Waals surface area contributed by atoms with Crippen LogP contribution in [0.15, 0.2) is 0 Å². The summed E-state index contributed by atoms with van der Waals surface area (Å²) in [7, 11) is 4.29. The standard InChI is InChI=1S/C20H37BrN2O8.C12H22O7.C7H16O4.C2H6/c1-3-16(14-24)31-20(28-2)15-30-19(27)8-4-7-17(25)22-9-5-11-29-12-6-10-23-18(26)13-21;1-3-9(7-13)19-12(17-2)8-18-11(16)6-4-5-10(14)15;1-3-6(4-8)11-7(5-9)10-2;1-2/h16,20,24H,3-15H2,1-2H3,(H,22,25)(H,23,26);9,12-13H,3-8H2,1-2H3,(H,14,15);6-9H,3-5H2,1-2H3;1-2H3. The number of aliphatic hydroxyl groups is 4. The normalized spacial score (nSPS) is 13.4. The van der Waals surface area contributed by atoms with Gasteiger partial charge in [-0.25, -0.2) is 0 Å². The van der Waals surface area contributed by atoms with Gasteiger partial charge in [-0.2, -0.15) is 0 Å². The molecule has 0 aromatic rings. The van der Waals surface area contributed by atoms with Crippen LogP contribution in [0.2, 0.25) is 0 Å². The Morgan fingerprint density at radius 3 is 1.25 bits per heavy atom. The number of nitrogens with one attached hydrogen (secondary N) is 2. The largest absolute Gasteiger partial charge is 0.481 e. The number of aliphatic carboxylic acids is 1. The summed E-state index contributed by atoms with van der Waals surface area (Å²) in [6.07, 6.45) is 1.23. The van der Waals surface area contributed by atoms with Crippen molar-refractivity contribution in [1.29, 1.82) is 0 Å². The van der Waals surface area contributed by atoms with Crippen molar-refractivity contribution in [1.82, 2.24) is 10.6 Å². The van der Waals surface area contributed by atoms with Crippen molar-refractivity contribution in [2.24, 2.45) is 0 Å². The molecule has 6 atom stereocenters. The second-order valence-corrected chi connectivity index (χ2v) is 13.4. The van der Waals surface area contributed by atoms with Gasteiger partial charge in [0.05, 0.1) is 50.1 Å².